The normalized spacial score (nSPS) is 16.5. The van der Waals surface area contributed by atoms with E-state index in [2.05, 4.69) is 15.6 Å². The van der Waals surface area contributed by atoms with Crippen LogP contribution in [-0.2, 0) is 22.6 Å². The number of nitrogens with zero attached hydrogens (tertiary/aromatic N) is 1. The van der Waals surface area contributed by atoms with Crippen LogP contribution >= 0.6 is 11.8 Å². The summed E-state index contributed by atoms with van der Waals surface area (Å²) in [5.74, 6) is 0.641. The molecule has 0 fully saturated rings. The Morgan fingerprint density at radius 1 is 1.24 bits per heavy atom. The van der Waals surface area contributed by atoms with Crippen LogP contribution in [0, 0.1) is 0 Å². The monoisotopic (exact) mass is 355 g/mol. The lowest BCUT2D eigenvalue weighted by atomic mass is 10.1. The third kappa shape index (κ3) is 5.06. The number of anilines is 1. The first kappa shape index (κ1) is 17.5. The average Bonchev–Trinajstić information content (AvgIpc) is 2.80. The first-order valence-corrected chi connectivity index (χ1v) is 9.44. The van der Waals surface area contributed by atoms with Gasteiger partial charge in [0, 0.05) is 24.1 Å². The molecule has 0 saturated carbocycles. The molecule has 0 bridgehead atoms. The molecule has 1 aromatic carbocycles. The summed E-state index contributed by atoms with van der Waals surface area (Å²) in [4.78, 5) is 28.4. The molecule has 25 heavy (non-hydrogen) atoms. The zero-order valence-electron chi connectivity index (χ0n) is 13.9. The smallest absolute Gasteiger partial charge is 0.237 e. The van der Waals surface area contributed by atoms with E-state index in [0.29, 0.717) is 18.7 Å². The number of benzene rings is 1. The molecule has 0 saturated heterocycles. The number of hydrogen-bond acceptors (Lipinski definition) is 4. The average molecular weight is 355 g/mol. The van der Waals surface area contributed by atoms with Crippen molar-refractivity contribution >= 4 is 29.3 Å². The second kappa shape index (κ2) is 8.67. The molecule has 130 valence electrons. The Hall–Kier alpha value is -2.34. The van der Waals surface area contributed by atoms with E-state index in [1.165, 1.54) is 5.56 Å². The molecule has 2 heterocycles. The standard InChI is InChI=1S/C19H21N3O2S/c23-18(21-13-15-6-3-4-11-20-15)10-12-25-17-9-8-14-5-1-2-7-16(14)22-19(17)24/h1-7,11,17H,8-10,12-13H2,(H,21,23)(H,22,24)/t17-/m1/s1. The molecule has 2 aromatic rings. The molecule has 5 nitrogen and oxygen atoms in total. The lowest BCUT2D eigenvalue weighted by Gasteiger charge is -2.12. The van der Waals surface area contributed by atoms with Crippen molar-refractivity contribution in [3.8, 4) is 0 Å². The van der Waals surface area contributed by atoms with Gasteiger partial charge in [0.05, 0.1) is 17.5 Å². The quantitative estimate of drug-likeness (QED) is 0.836. The minimum Gasteiger partial charge on any atom is -0.350 e. The van der Waals surface area contributed by atoms with Crippen LogP contribution in [0.5, 0.6) is 0 Å². The number of pyridine rings is 1. The van der Waals surface area contributed by atoms with Gasteiger partial charge in [0.15, 0.2) is 0 Å². The number of para-hydroxylation sites is 1. The molecule has 3 rings (SSSR count). The minimum atomic E-state index is -0.115. The summed E-state index contributed by atoms with van der Waals surface area (Å²) in [5, 5.41) is 5.73. The van der Waals surface area contributed by atoms with Gasteiger partial charge < -0.3 is 10.6 Å². The SMILES string of the molecule is O=C(CCS[C@@H]1CCc2ccccc2NC1=O)NCc1ccccn1. The number of aryl methyl sites for hydroxylation is 1. The largest absolute Gasteiger partial charge is 0.350 e. The van der Waals surface area contributed by atoms with E-state index in [9.17, 15) is 9.59 Å². The van der Waals surface area contributed by atoms with Gasteiger partial charge in [-0.15, -0.1) is 11.8 Å². The molecule has 0 aliphatic carbocycles. The lowest BCUT2D eigenvalue weighted by Crippen LogP contribution is -2.26. The third-order valence-electron chi connectivity index (χ3n) is 4.08. The van der Waals surface area contributed by atoms with Crippen LogP contribution < -0.4 is 10.6 Å². The Bertz CT molecular complexity index is 736. The van der Waals surface area contributed by atoms with Crippen molar-refractivity contribution in [2.75, 3.05) is 11.1 Å². The van der Waals surface area contributed by atoms with Crippen LogP contribution in [0.1, 0.15) is 24.1 Å². The number of fused-ring (bicyclic) bond motifs is 1. The molecular weight excluding hydrogens is 334 g/mol. The molecule has 0 spiro atoms. The molecular formula is C19H21N3O2S. The fourth-order valence-electron chi connectivity index (χ4n) is 2.72. The first-order chi connectivity index (χ1) is 12.2. The van der Waals surface area contributed by atoms with E-state index in [1.54, 1.807) is 18.0 Å². The molecule has 2 amide bonds. The van der Waals surface area contributed by atoms with Crippen molar-refractivity contribution in [3.05, 3.63) is 59.9 Å². The Labute approximate surface area is 151 Å². The fraction of sp³-hybridized carbons (Fsp3) is 0.316. The zero-order valence-corrected chi connectivity index (χ0v) is 14.7. The molecule has 1 aromatic heterocycles. The van der Waals surface area contributed by atoms with E-state index in [-0.39, 0.29) is 17.1 Å². The van der Waals surface area contributed by atoms with E-state index in [4.69, 9.17) is 0 Å². The highest BCUT2D eigenvalue weighted by Crippen LogP contribution is 2.27. The summed E-state index contributed by atoms with van der Waals surface area (Å²) in [7, 11) is 0. The maximum absolute atomic E-state index is 12.3. The van der Waals surface area contributed by atoms with Gasteiger partial charge in [-0.3, -0.25) is 14.6 Å². The van der Waals surface area contributed by atoms with Gasteiger partial charge in [-0.05, 0) is 36.6 Å². The van der Waals surface area contributed by atoms with Crippen LogP contribution in [-0.4, -0.2) is 27.8 Å². The van der Waals surface area contributed by atoms with Gasteiger partial charge in [0.2, 0.25) is 11.8 Å². The number of nitrogens with one attached hydrogen (secondary N) is 2. The van der Waals surface area contributed by atoms with Crippen LogP contribution in [0.4, 0.5) is 5.69 Å². The van der Waals surface area contributed by atoms with Crippen molar-refractivity contribution < 1.29 is 9.59 Å². The highest BCUT2D eigenvalue weighted by atomic mass is 32.2. The van der Waals surface area contributed by atoms with Crippen molar-refractivity contribution in [2.24, 2.45) is 0 Å². The van der Waals surface area contributed by atoms with Crippen molar-refractivity contribution in [1.82, 2.24) is 10.3 Å². The fourth-order valence-corrected chi connectivity index (χ4v) is 3.81. The summed E-state index contributed by atoms with van der Waals surface area (Å²) < 4.78 is 0. The van der Waals surface area contributed by atoms with Gasteiger partial charge in [0.1, 0.15) is 0 Å². The minimum absolute atomic E-state index is 0.0181. The second-order valence-electron chi connectivity index (χ2n) is 5.89. The number of thioether (sulfide) groups is 1. The summed E-state index contributed by atoms with van der Waals surface area (Å²) in [5.41, 5.74) is 2.92. The summed E-state index contributed by atoms with van der Waals surface area (Å²) >= 11 is 1.55. The molecule has 1 atom stereocenters. The maximum atomic E-state index is 12.3. The first-order valence-electron chi connectivity index (χ1n) is 8.39. The number of carbonyl (C=O) groups excluding carboxylic acids is 2. The van der Waals surface area contributed by atoms with E-state index >= 15 is 0 Å². The number of amides is 2. The highest BCUT2D eigenvalue weighted by molar-refractivity contribution is 8.00. The number of hydrogen-bond donors (Lipinski definition) is 2. The topological polar surface area (TPSA) is 71.1 Å². The Balaban J connectivity index is 1.41. The Kier molecular flexibility index (Phi) is 6.06. The summed E-state index contributed by atoms with van der Waals surface area (Å²) in [6, 6.07) is 13.5. The van der Waals surface area contributed by atoms with Gasteiger partial charge in [-0.1, -0.05) is 24.3 Å². The van der Waals surface area contributed by atoms with Crippen molar-refractivity contribution in [1.29, 1.82) is 0 Å². The maximum Gasteiger partial charge on any atom is 0.237 e. The van der Waals surface area contributed by atoms with Crippen LogP contribution in [0.3, 0.4) is 0 Å². The van der Waals surface area contributed by atoms with Crippen LogP contribution in [0.2, 0.25) is 0 Å². The molecule has 0 unspecified atom stereocenters. The van der Waals surface area contributed by atoms with Crippen LogP contribution in [0.15, 0.2) is 48.7 Å². The van der Waals surface area contributed by atoms with Gasteiger partial charge in [0.25, 0.3) is 0 Å². The van der Waals surface area contributed by atoms with E-state index < -0.39 is 0 Å². The Morgan fingerprint density at radius 3 is 2.92 bits per heavy atom. The summed E-state index contributed by atoms with van der Waals surface area (Å²) in [6.45, 7) is 0.434. The molecule has 6 heteroatoms. The van der Waals surface area contributed by atoms with Crippen molar-refractivity contribution in [2.45, 2.75) is 31.1 Å². The molecule has 1 aliphatic heterocycles. The highest BCUT2D eigenvalue weighted by Gasteiger charge is 2.23. The molecule has 0 radical (unpaired) electrons. The van der Waals surface area contributed by atoms with Gasteiger partial charge in [-0.25, -0.2) is 0 Å². The van der Waals surface area contributed by atoms with Crippen LogP contribution in [0.25, 0.3) is 0 Å². The van der Waals surface area contributed by atoms with E-state index in [0.717, 1.165) is 24.2 Å². The van der Waals surface area contributed by atoms with Gasteiger partial charge >= 0.3 is 0 Å². The number of carbonyl (C=O) groups is 2. The molecule has 1 aliphatic rings. The second-order valence-corrected chi connectivity index (χ2v) is 7.20. The number of rotatable bonds is 6. The number of aromatic nitrogens is 1. The lowest BCUT2D eigenvalue weighted by molar-refractivity contribution is -0.121. The van der Waals surface area contributed by atoms with Gasteiger partial charge in [-0.2, -0.15) is 0 Å². The zero-order chi connectivity index (χ0) is 17.5. The Morgan fingerprint density at radius 2 is 2.08 bits per heavy atom. The predicted octanol–water partition coefficient (Wildman–Crippen LogP) is 2.77. The molecule has 2 N–H and O–H groups in total. The third-order valence-corrected chi connectivity index (χ3v) is 5.38. The van der Waals surface area contributed by atoms with E-state index in [1.807, 2.05) is 42.5 Å². The summed E-state index contributed by atoms with van der Waals surface area (Å²) in [6.07, 6.45) is 3.77. The predicted molar refractivity (Wildman–Crippen MR) is 100 cm³/mol. The van der Waals surface area contributed by atoms with Crippen molar-refractivity contribution in [3.63, 3.8) is 0 Å².